The van der Waals surface area contributed by atoms with E-state index in [-0.39, 0.29) is 5.91 Å². The van der Waals surface area contributed by atoms with Gasteiger partial charge in [0, 0.05) is 33.3 Å². The topological polar surface area (TPSA) is 72.3 Å². The second-order valence-electron chi connectivity index (χ2n) is 6.26. The van der Waals surface area contributed by atoms with Gasteiger partial charge in [-0.2, -0.15) is 0 Å². The number of aromatic nitrogens is 3. The number of likely N-dealkylation sites (tertiary alicyclic amines) is 1. The Morgan fingerprint density at radius 3 is 2.82 bits per heavy atom. The van der Waals surface area contributed by atoms with Crippen LogP contribution in [0, 0.1) is 5.92 Å². The van der Waals surface area contributed by atoms with E-state index in [4.69, 9.17) is 4.74 Å². The Balaban J connectivity index is 1.83. The number of piperidine rings is 1. The first kappa shape index (κ1) is 16.9. The van der Waals surface area contributed by atoms with Crippen LogP contribution in [0.2, 0.25) is 0 Å². The summed E-state index contributed by atoms with van der Waals surface area (Å²) in [6.45, 7) is 8.79. The van der Waals surface area contributed by atoms with E-state index >= 15 is 0 Å². The second kappa shape index (κ2) is 8.24. The van der Waals surface area contributed by atoms with Crippen LogP contribution in [0.5, 0.6) is 0 Å². The molecule has 1 saturated heterocycles. The lowest BCUT2D eigenvalue weighted by Crippen LogP contribution is -2.37. The molecule has 0 saturated carbocycles. The Morgan fingerprint density at radius 2 is 2.18 bits per heavy atom. The van der Waals surface area contributed by atoms with E-state index in [9.17, 15) is 4.79 Å². The monoisotopic (exact) mass is 309 g/mol. The van der Waals surface area contributed by atoms with E-state index in [0.717, 1.165) is 32.5 Å². The van der Waals surface area contributed by atoms with Crippen LogP contribution in [-0.2, 0) is 4.74 Å². The van der Waals surface area contributed by atoms with Gasteiger partial charge in [-0.15, -0.1) is 5.10 Å². The third-order valence-electron chi connectivity index (χ3n) is 3.89. The van der Waals surface area contributed by atoms with Gasteiger partial charge in [-0.1, -0.05) is 19.1 Å². The lowest BCUT2D eigenvalue weighted by molar-refractivity contribution is 0.0932. The molecule has 124 valence electrons. The number of hydrogen-bond acceptors (Lipinski definition) is 5. The molecule has 0 spiro atoms. The highest BCUT2D eigenvalue weighted by molar-refractivity contribution is 5.91. The summed E-state index contributed by atoms with van der Waals surface area (Å²) in [7, 11) is 1.61. The number of carbonyl (C=O) groups excluding carboxylic acids is 1. The van der Waals surface area contributed by atoms with Crippen molar-refractivity contribution >= 4 is 5.91 Å². The van der Waals surface area contributed by atoms with Crippen molar-refractivity contribution in [3.8, 4) is 0 Å². The number of methoxy groups -OCH3 is 1. The molecule has 22 heavy (non-hydrogen) atoms. The number of nitrogens with one attached hydrogen (secondary N) is 1. The van der Waals surface area contributed by atoms with Gasteiger partial charge in [0.1, 0.15) is 0 Å². The van der Waals surface area contributed by atoms with Gasteiger partial charge < -0.3 is 15.0 Å². The van der Waals surface area contributed by atoms with Crippen LogP contribution in [0.1, 0.15) is 43.2 Å². The molecule has 1 aromatic rings. The van der Waals surface area contributed by atoms with Gasteiger partial charge in [0.15, 0.2) is 5.69 Å². The molecule has 0 aromatic carbocycles. The highest BCUT2D eigenvalue weighted by Gasteiger charge is 2.22. The van der Waals surface area contributed by atoms with Gasteiger partial charge in [-0.05, 0) is 18.8 Å². The van der Waals surface area contributed by atoms with Gasteiger partial charge in [0.05, 0.1) is 18.8 Å². The minimum Gasteiger partial charge on any atom is -0.383 e. The third-order valence-corrected chi connectivity index (χ3v) is 3.89. The fraction of sp³-hybridized carbons (Fsp3) is 0.800. The number of nitrogens with zero attached hydrogens (tertiary/aromatic N) is 4. The van der Waals surface area contributed by atoms with Crippen LogP contribution in [0.3, 0.4) is 0 Å². The Morgan fingerprint density at radius 1 is 1.45 bits per heavy atom. The van der Waals surface area contributed by atoms with Crippen LogP contribution in [-0.4, -0.2) is 65.7 Å². The van der Waals surface area contributed by atoms with E-state index in [2.05, 4.69) is 34.4 Å². The molecule has 7 nitrogen and oxygen atoms in total. The average molecular weight is 309 g/mol. The van der Waals surface area contributed by atoms with E-state index in [1.165, 1.54) is 0 Å². The van der Waals surface area contributed by atoms with Crippen LogP contribution >= 0.6 is 0 Å². The summed E-state index contributed by atoms with van der Waals surface area (Å²) in [4.78, 5) is 14.4. The molecule has 1 aromatic heterocycles. The molecule has 2 heterocycles. The van der Waals surface area contributed by atoms with Crippen molar-refractivity contribution in [2.75, 3.05) is 39.9 Å². The smallest absolute Gasteiger partial charge is 0.273 e. The Kier molecular flexibility index (Phi) is 6.33. The van der Waals surface area contributed by atoms with Crippen molar-refractivity contribution in [3.63, 3.8) is 0 Å². The SMILES string of the molecule is COCCNC(=O)c1cn(C2CCN(CC(C)C)CC2)nn1. The predicted molar refractivity (Wildman–Crippen MR) is 83.8 cm³/mol. The van der Waals surface area contributed by atoms with Gasteiger partial charge in [-0.25, -0.2) is 4.68 Å². The zero-order valence-corrected chi connectivity index (χ0v) is 13.8. The van der Waals surface area contributed by atoms with Crippen molar-refractivity contribution in [3.05, 3.63) is 11.9 Å². The maximum absolute atomic E-state index is 11.9. The van der Waals surface area contributed by atoms with Crippen LogP contribution in [0.4, 0.5) is 0 Å². The standard InChI is InChI=1S/C15H27N5O2/c1-12(2)10-19-7-4-13(5-8-19)20-11-14(17-18-20)15(21)16-6-9-22-3/h11-13H,4-10H2,1-3H3,(H,16,21). The molecule has 0 unspecified atom stereocenters. The number of carbonyl (C=O) groups is 1. The molecule has 2 rings (SSSR count). The summed E-state index contributed by atoms with van der Waals surface area (Å²) >= 11 is 0. The Hall–Kier alpha value is -1.47. The van der Waals surface area contributed by atoms with E-state index in [1.807, 2.05) is 4.68 Å². The van der Waals surface area contributed by atoms with E-state index < -0.39 is 0 Å². The normalized spacial score (nSPS) is 17.1. The van der Waals surface area contributed by atoms with Gasteiger partial charge in [0.25, 0.3) is 5.91 Å². The summed E-state index contributed by atoms with van der Waals surface area (Å²) in [5.74, 6) is 0.505. The van der Waals surface area contributed by atoms with Crippen LogP contribution < -0.4 is 5.32 Å². The van der Waals surface area contributed by atoms with Crippen LogP contribution in [0.15, 0.2) is 6.20 Å². The lowest BCUT2D eigenvalue weighted by Gasteiger charge is -2.32. The molecule has 7 heteroatoms. The van der Waals surface area contributed by atoms with Crippen molar-refractivity contribution < 1.29 is 9.53 Å². The maximum atomic E-state index is 11.9. The molecular weight excluding hydrogens is 282 g/mol. The van der Waals surface area contributed by atoms with Gasteiger partial charge >= 0.3 is 0 Å². The van der Waals surface area contributed by atoms with E-state index in [1.54, 1.807) is 13.3 Å². The molecule has 0 radical (unpaired) electrons. The fourth-order valence-corrected chi connectivity index (χ4v) is 2.80. The molecule has 0 atom stereocenters. The quantitative estimate of drug-likeness (QED) is 0.759. The molecule has 1 N–H and O–H groups in total. The second-order valence-corrected chi connectivity index (χ2v) is 6.26. The van der Waals surface area contributed by atoms with Crippen molar-refractivity contribution in [1.29, 1.82) is 0 Å². The van der Waals surface area contributed by atoms with Gasteiger partial charge in [-0.3, -0.25) is 4.79 Å². The molecule has 1 fully saturated rings. The lowest BCUT2D eigenvalue weighted by atomic mass is 10.0. The summed E-state index contributed by atoms with van der Waals surface area (Å²) in [6.07, 6.45) is 3.87. The zero-order chi connectivity index (χ0) is 15.9. The minimum absolute atomic E-state index is 0.194. The highest BCUT2D eigenvalue weighted by Crippen LogP contribution is 2.22. The van der Waals surface area contributed by atoms with Gasteiger partial charge in [0.2, 0.25) is 0 Å². The summed E-state index contributed by atoms with van der Waals surface area (Å²) in [5, 5.41) is 10.9. The van der Waals surface area contributed by atoms with Crippen LogP contribution in [0.25, 0.3) is 0 Å². The van der Waals surface area contributed by atoms with E-state index in [0.29, 0.717) is 30.8 Å². The maximum Gasteiger partial charge on any atom is 0.273 e. The average Bonchev–Trinajstić information content (AvgIpc) is 2.97. The number of ether oxygens (including phenoxy) is 1. The Labute approximate surface area is 132 Å². The molecule has 0 bridgehead atoms. The fourth-order valence-electron chi connectivity index (χ4n) is 2.80. The summed E-state index contributed by atoms with van der Waals surface area (Å²) < 4.78 is 6.75. The number of amides is 1. The zero-order valence-electron chi connectivity index (χ0n) is 13.8. The first-order valence-corrected chi connectivity index (χ1v) is 8.01. The summed E-state index contributed by atoms with van der Waals surface area (Å²) in [6, 6.07) is 0.344. The molecule has 1 aliphatic rings. The largest absolute Gasteiger partial charge is 0.383 e. The number of hydrogen-bond donors (Lipinski definition) is 1. The first-order valence-electron chi connectivity index (χ1n) is 8.01. The van der Waals surface area contributed by atoms with Crippen molar-refractivity contribution in [1.82, 2.24) is 25.2 Å². The summed E-state index contributed by atoms with van der Waals surface area (Å²) in [5.41, 5.74) is 0.376. The molecule has 1 amide bonds. The third kappa shape index (κ3) is 4.78. The molecular formula is C15H27N5O2. The van der Waals surface area contributed by atoms with Crippen molar-refractivity contribution in [2.45, 2.75) is 32.7 Å². The Bertz CT molecular complexity index is 466. The molecule has 1 aliphatic heterocycles. The number of rotatable bonds is 7. The minimum atomic E-state index is -0.194. The highest BCUT2D eigenvalue weighted by atomic mass is 16.5. The first-order chi connectivity index (χ1) is 10.6. The molecule has 0 aliphatic carbocycles. The predicted octanol–water partition coefficient (Wildman–Crippen LogP) is 0.947. The van der Waals surface area contributed by atoms with Crippen molar-refractivity contribution in [2.24, 2.45) is 5.92 Å².